The average Bonchev–Trinajstić information content (AvgIpc) is 2.44. The number of methoxy groups -OCH3 is 1. The molecule has 0 bridgehead atoms. The van der Waals surface area contributed by atoms with E-state index in [0.717, 1.165) is 14.0 Å². The van der Waals surface area contributed by atoms with Crippen LogP contribution in [0, 0.1) is 0 Å². The molecule has 1 aromatic rings. The number of carbonyl (C=O) groups excluding carboxylic acids is 2. The predicted molar refractivity (Wildman–Crippen MR) is 73.7 cm³/mol. The lowest BCUT2D eigenvalue weighted by molar-refractivity contribution is -0.147. The van der Waals surface area contributed by atoms with E-state index in [4.69, 9.17) is 16.3 Å². The lowest BCUT2D eigenvalue weighted by atomic mass is 10.0. The fourth-order valence-corrected chi connectivity index (χ4v) is 1.85. The summed E-state index contributed by atoms with van der Waals surface area (Å²) in [6, 6.07) is 3.73. The van der Waals surface area contributed by atoms with Crippen LogP contribution in [-0.4, -0.2) is 25.7 Å². The molecule has 1 aromatic carbocycles. The topological polar surface area (TPSA) is 61.8 Å². The van der Waals surface area contributed by atoms with Crippen molar-refractivity contribution in [2.24, 2.45) is 0 Å². The summed E-state index contributed by atoms with van der Waals surface area (Å²) in [6.07, 6.45) is -1.15. The van der Waals surface area contributed by atoms with Crippen molar-refractivity contribution in [2.75, 3.05) is 7.11 Å². The Balaban J connectivity index is 3.14. The van der Waals surface area contributed by atoms with E-state index in [1.54, 1.807) is 0 Å². The van der Waals surface area contributed by atoms with Crippen LogP contribution in [0.15, 0.2) is 30.4 Å². The second-order valence-corrected chi connectivity index (χ2v) is 4.48. The van der Waals surface area contributed by atoms with Crippen molar-refractivity contribution < 1.29 is 32.6 Å². The summed E-state index contributed by atoms with van der Waals surface area (Å²) in [5, 5.41) is -0.132. The number of hydrogen-bond acceptors (Lipinski definition) is 5. The highest BCUT2D eigenvalue weighted by Crippen LogP contribution is 2.33. The first kappa shape index (κ1) is 17.9. The summed E-state index contributed by atoms with van der Waals surface area (Å²) in [4.78, 5) is 22.7. The van der Waals surface area contributed by atoms with Gasteiger partial charge in [-0.1, -0.05) is 24.2 Å². The van der Waals surface area contributed by atoms with Crippen LogP contribution in [0.2, 0.25) is 5.02 Å². The highest BCUT2D eigenvalue weighted by Gasteiger charge is 2.25. The number of ether oxygens (including phenoxy) is 3. The minimum Gasteiger partial charge on any atom is -0.466 e. The van der Waals surface area contributed by atoms with Gasteiger partial charge < -0.3 is 14.2 Å². The molecule has 0 spiro atoms. The molecule has 0 radical (unpaired) electrons. The molecule has 120 valence electrons. The van der Waals surface area contributed by atoms with Gasteiger partial charge in [-0.25, -0.2) is 4.79 Å². The molecule has 0 amide bonds. The van der Waals surface area contributed by atoms with Crippen LogP contribution >= 0.6 is 11.6 Å². The van der Waals surface area contributed by atoms with Gasteiger partial charge in [-0.3, -0.25) is 4.79 Å². The molecule has 0 N–H and O–H groups in total. The average molecular weight is 335 g/mol. The summed E-state index contributed by atoms with van der Waals surface area (Å²) >= 11 is 5.83. The summed E-state index contributed by atoms with van der Waals surface area (Å²) < 4.78 is 38.1. The number of esters is 2. The van der Waals surface area contributed by atoms with Gasteiger partial charge in [0.05, 0.1) is 17.7 Å². The first-order chi connectivity index (χ1) is 10.3. The van der Waals surface area contributed by atoms with Crippen LogP contribution in [-0.2, 0) is 19.1 Å². The molecule has 8 heteroatoms. The van der Waals surface area contributed by atoms with Crippen LogP contribution in [0.5, 0.6) is 5.75 Å². The van der Waals surface area contributed by atoms with Crippen molar-refractivity contribution in [3.63, 3.8) is 0 Å². The minimum absolute atomic E-state index is 0.132. The number of hydrogen-bond donors (Lipinski definition) is 0. The molecule has 0 aliphatic carbocycles. The maximum atomic E-state index is 12.2. The molecular weight excluding hydrogens is 322 g/mol. The van der Waals surface area contributed by atoms with E-state index >= 15 is 0 Å². The van der Waals surface area contributed by atoms with Gasteiger partial charge in [0, 0.05) is 6.92 Å². The zero-order valence-corrected chi connectivity index (χ0v) is 12.5. The molecule has 0 saturated heterocycles. The molecule has 22 heavy (non-hydrogen) atoms. The van der Waals surface area contributed by atoms with Gasteiger partial charge in [-0.2, -0.15) is 8.78 Å². The Hall–Kier alpha value is -2.15. The highest BCUT2D eigenvalue weighted by atomic mass is 35.5. The van der Waals surface area contributed by atoms with Crippen molar-refractivity contribution >= 4 is 23.5 Å². The molecule has 0 aromatic heterocycles. The van der Waals surface area contributed by atoms with Crippen LogP contribution in [0.3, 0.4) is 0 Å². The molecule has 1 rings (SSSR count). The Morgan fingerprint density at radius 2 is 1.95 bits per heavy atom. The summed E-state index contributed by atoms with van der Waals surface area (Å²) in [5.74, 6) is -1.69. The Kier molecular flexibility index (Phi) is 6.30. The zero-order chi connectivity index (χ0) is 16.9. The number of carbonyl (C=O) groups is 2. The van der Waals surface area contributed by atoms with E-state index in [0.29, 0.717) is 0 Å². The lowest BCUT2D eigenvalue weighted by Gasteiger charge is -2.19. The number of benzene rings is 1. The van der Waals surface area contributed by atoms with Gasteiger partial charge >= 0.3 is 18.6 Å². The lowest BCUT2D eigenvalue weighted by Crippen LogP contribution is -2.17. The Bertz CT molecular complexity index is 589. The molecule has 1 unspecified atom stereocenters. The monoisotopic (exact) mass is 334 g/mol. The molecule has 1 atom stereocenters. The van der Waals surface area contributed by atoms with Gasteiger partial charge in [0.1, 0.15) is 5.75 Å². The van der Waals surface area contributed by atoms with Gasteiger partial charge in [-0.05, 0) is 17.7 Å². The number of halogens is 3. The predicted octanol–water partition coefficient (Wildman–Crippen LogP) is 3.27. The van der Waals surface area contributed by atoms with E-state index < -0.39 is 24.7 Å². The first-order valence-corrected chi connectivity index (χ1v) is 6.32. The van der Waals surface area contributed by atoms with Crippen LogP contribution < -0.4 is 4.74 Å². The standard InChI is InChI=1S/C14H13ClF2O5/c1-7(13(19)20-3)12(21-8(2)18)9-4-5-11(10(15)6-9)22-14(16)17/h4-6,12,14H,1H2,2-3H3. The van der Waals surface area contributed by atoms with Crippen molar-refractivity contribution in [2.45, 2.75) is 19.6 Å². The van der Waals surface area contributed by atoms with Gasteiger partial charge in [0.15, 0.2) is 6.10 Å². The van der Waals surface area contributed by atoms with Crippen molar-refractivity contribution in [3.8, 4) is 5.75 Å². The fourth-order valence-electron chi connectivity index (χ4n) is 1.62. The Morgan fingerprint density at radius 1 is 1.32 bits per heavy atom. The molecule has 5 nitrogen and oxygen atoms in total. The molecular formula is C14H13ClF2O5. The Labute approximate surface area is 130 Å². The summed E-state index contributed by atoms with van der Waals surface area (Å²) in [5.41, 5.74) is 0.119. The van der Waals surface area contributed by atoms with Gasteiger partial charge in [-0.15, -0.1) is 0 Å². The highest BCUT2D eigenvalue weighted by molar-refractivity contribution is 6.32. The van der Waals surface area contributed by atoms with Crippen LogP contribution in [0.25, 0.3) is 0 Å². The van der Waals surface area contributed by atoms with Crippen molar-refractivity contribution in [1.82, 2.24) is 0 Å². The zero-order valence-electron chi connectivity index (χ0n) is 11.8. The van der Waals surface area contributed by atoms with E-state index in [1.165, 1.54) is 18.2 Å². The number of rotatable bonds is 6. The largest absolute Gasteiger partial charge is 0.466 e. The summed E-state index contributed by atoms with van der Waals surface area (Å²) in [6.45, 7) is 1.63. The van der Waals surface area contributed by atoms with Gasteiger partial charge in [0.2, 0.25) is 0 Å². The number of alkyl halides is 2. The third kappa shape index (κ3) is 4.70. The van der Waals surface area contributed by atoms with Crippen LogP contribution in [0.1, 0.15) is 18.6 Å². The van der Waals surface area contributed by atoms with E-state index in [1.807, 2.05) is 0 Å². The molecule has 0 heterocycles. The van der Waals surface area contributed by atoms with Crippen LogP contribution in [0.4, 0.5) is 8.78 Å². The molecule has 0 saturated carbocycles. The third-order valence-electron chi connectivity index (χ3n) is 2.52. The molecule has 0 fully saturated rings. The first-order valence-electron chi connectivity index (χ1n) is 5.94. The molecule has 0 aliphatic rings. The smallest absolute Gasteiger partial charge is 0.387 e. The SMILES string of the molecule is C=C(C(=O)OC)C(OC(C)=O)c1ccc(OC(F)F)c(Cl)c1. The maximum Gasteiger partial charge on any atom is 0.387 e. The summed E-state index contributed by atoms with van der Waals surface area (Å²) in [7, 11) is 1.14. The van der Waals surface area contributed by atoms with Crippen molar-refractivity contribution in [1.29, 1.82) is 0 Å². The second-order valence-electron chi connectivity index (χ2n) is 4.07. The maximum absolute atomic E-state index is 12.2. The van der Waals surface area contributed by atoms with Crippen molar-refractivity contribution in [3.05, 3.63) is 40.9 Å². The second kappa shape index (κ2) is 7.74. The van der Waals surface area contributed by atoms with Gasteiger partial charge in [0.25, 0.3) is 0 Å². The van der Waals surface area contributed by atoms with E-state index in [2.05, 4.69) is 16.1 Å². The van der Waals surface area contributed by atoms with E-state index in [9.17, 15) is 18.4 Å². The third-order valence-corrected chi connectivity index (χ3v) is 2.82. The fraction of sp³-hybridized carbons (Fsp3) is 0.286. The normalized spacial score (nSPS) is 11.7. The Morgan fingerprint density at radius 3 is 2.41 bits per heavy atom. The molecule has 0 aliphatic heterocycles. The van der Waals surface area contributed by atoms with E-state index in [-0.39, 0.29) is 21.9 Å². The minimum atomic E-state index is -3.03. The quantitative estimate of drug-likeness (QED) is 0.590.